The highest BCUT2D eigenvalue weighted by atomic mass is 32.1. The van der Waals surface area contributed by atoms with Crippen LogP contribution in [-0.4, -0.2) is 30.1 Å². The lowest BCUT2D eigenvalue weighted by Gasteiger charge is -2.20. The van der Waals surface area contributed by atoms with Gasteiger partial charge in [0.05, 0.1) is 32.9 Å². The van der Waals surface area contributed by atoms with Crippen LogP contribution in [0.4, 0.5) is 5.13 Å². The van der Waals surface area contributed by atoms with Crippen molar-refractivity contribution < 1.29 is 14.3 Å². The van der Waals surface area contributed by atoms with Gasteiger partial charge in [-0.05, 0) is 49.2 Å². The first-order chi connectivity index (χ1) is 15.5. The van der Waals surface area contributed by atoms with Crippen molar-refractivity contribution in [1.82, 2.24) is 9.97 Å². The van der Waals surface area contributed by atoms with Crippen molar-refractivity contribution in [3.63, 3.8) is 0 Å². The van der Waals surface area contributed by atoms with E-state index in [0.717, 1.165) is 27.1 Å². The Bertz CT molecular complexity index is 1210. The lowest BCUT2D eigenvalue weighted by molar-refractivity contribution is -0.118. The molecule has 7 heteroatoms. The standard InChI is InChI=1S/C25H25N3O3S/c1-16-8-9-17(2)18(13-16)14-22(29)28(15-19-7-5-6-12-26-19)25-27-23-20(30-3)10-11-21(31-4)24(23)32-25/h5-13H,14-15H2,1-4H3. The van der Waals surface area contributed by atoms with Crippen molar-refractivity contribution >= 4 is 32.6 Å². The summed E-state index contributed by atoms with van der Waals surface area (Å²) in [6.07, 6.45) is 2.01. The Balaban J connectivity index is 1.77. The van der Waals surface area contributed by atoms with Crippen LogP contribution in [0.1, 0.15) is 22.4 Å². The van der Waals surface area contributed by atoms with E-state index in [1.54, 1.807) is 25.3 Å². The predicted molar refractivity (Wildman–Crippen MR) is 128 cm³/mol. The number of hydrogen-bond acceptors (Lipinski definition) is 6. The Hall–Kier alpha value is -3.45. The summed E-state index contributed by atoms with van der Waals surface area (Å²) in [6, 6.07) is 15.5. The van der Waals surface area contributed by atoms with E-state index in [1.807, 2.05) is 44.2 Å². The zero-order chi connectivity index (χ0) is 22.7. The monoisotopic (exact) mass is 447 g/mol. The third-order valence-electron chi connectivity index (χ3n) is 5.32. The minimum Gasteiger partial charge on any atom is -0.495 e. The first kappa shape index (κ1) is 21.8. The number of aryl methyl sites for hydroxylation is 2. The Labute approximate surface area is 191 Å². The molecule has 0 spiro atoms. The molecule has 4 aromatic rings. The van der Waals surface area contributed by atoms with Gasteiger partial charge in [0.1, 0.15) is 21.7 Å². The fourth-order valence-electron chi connectivity index (χ4n) is 3.55. The number of amides is 1. The van der Waals surface area contributed by atoms with E-state index in [4.69, 9.17) is 14.5 Å². The summed E-state index contributed by atoms with van der Waals surface area (Å²) in [5.74, 6) is 1.30. The lowest BCUT2D eigenvalue weighted by atomic mass is 10.0. The van der Waals surface area contributed by atoms with Gasteiger partial charge in [-0.2, -0.15) is 0 Å². The Morgan fingerprint density at radius 2 is 1.81 bits per heavy atom. The maximum absolute atomic E-state index is 13.6. The van der Waals surface area contributed by atoms with Crippen molar-refractivity contribution in [3.05, 3.63) is 77.1 Å². The van der Waals surface area contributed by atoms with E-state index in [2.05, 4.69) is 23.2 Å². The summed E-state index contributed by atoms with van der Waals surface area (Å²) < 4.78 is 11.9. The normalized spacial score (nSPS) is 10.9. The molecular formula is C25H25N3O3S. The first-order valence-electron chi connectivity index (χ1n) is 10.3. The predicted octanol–water partition coefficient (Wildman–Crippen LogP) is 5.10. The average molecular weight is 448 g/mol. The molecule has 164 valence electrons. The molecule has 0 saturated heterocycles. The highest BCUT2D eigenvalue weighted by Gasteiger charge is 2.24. The number of ether oxygens (including phenoxy) is 2. The molecule has 2 aromatic carbocycles. The molecule has 0 aliphatic carbocycles. The molecule has 0 radical (unpaired) electrons. The fourth-order valence-corrected chi connectivity index (χ4v) is 4.65. The van der Waals surface area contributed by atoms with E-state index >= 15 is 0 Å². The summed E-state index contributed by atoms with van der Waals surface area (Å²) in [4.78, 5) is 24.5. The van der Waals surface area contributed by atoms with Gasteiger partial charge in [0.25, 0.3) is 0 Å². The average Bonchev–Trinajstić information content (AvgIpc) is 3.25. The van der Waals surface area contributed by atoms with Gasteiger partial charge in [0.15, 0.2) is 5.13 Å². The molecular weight excluding hydrogens is 422 g/mol. The second-order valence-electron chi connectivity index (χ2n) is 7.55. The summed E-state index contributed by atoms with van der Waals surface area (Å²) in [7, 11) is 3.23. The molecule has 0 fully saturated rings. The maximum Gasteiger partial charge on any atom is 0.233 e. The highest BCUT2D eigenvalue weighted by Crippen LogP contribution is 2.40. The first-order valence-corrected chi connectivity index (χ1v) is 11.1. The maximum atomic E-state index is 13.6. The summed E-state index contributed by atoms with van der Waals surface area (Å²) in [5.41, 5.74) is 4.70. The largest absolute Gasteiger partial charge is 0.495 e. The van der Waals surface area contributed by atoms with E-state index < -0.39 is 0 Å². The summed E-state index contributed by atoms with van der Waals surface area (Å²) >= 11 is 1.41. The van der Waals surface area contributed by atoms with Crippen LogP contribution >= 0.6 is 11.3 Å². The second kappa shape index (κ2) is 9.36. The molecule has 0 bridgehead atoms. The molecule has 4 rings (SSSR count). The quantitative estimate of drug-likeness (QED) is 0.394. The zero-order valence-electron chi connectivity index (χ0n) is 18.6. The van der Waals surface area contributed by atoms with Crippen LogP contribution in [0.2, 0.25) is 0 Å². The SMILES string of the molecule is COc1ccc(OC)c2sc(N(Cc3ccccn3)C(=O)Cc3cc(C)ccc3C)nc12. The number of carbonyl (C=O) groups excluding carboxylic acids is 1. The molecule has 0 saturated carbocycles. The molecule has 0 unspecified atom stereocenters. The van der Waals surface area contributed by atoms with Gasteiger partial charge in [-0.3, -0.25) is 14.7 Å². The number of fused-ring (bicyclic) bond motifs is 1. The van der Waals surface area contributed by atoms with Gasteiger partial charge in [-0.1, -0.05) is 41.2 Å². The highest BCUT2D eigenvalue weighted by molar-refractivity contribution is 7.22. The second-order valence-corrected chi connectivity index (χ2v) is 8.53. The number of anilines is 1. The van der Waals surface area contributed by atoms with Crippen LogP contribution in [0.15, 0.2) is 54.7 Å². The molecule has 2 aromatic heterocycles. The number of aromatic nitrogens is 2. The Morgan fingerprint density at radius 1 is 1.03 bits per heavy atom. The summed E-state index contributed by atoms with van der Waals surface area (Å²) in [6.45, 7) is 4.39. The molecule has 0 aliphatic rings. The van der Waals surface area contributed by atoms with Crippen molar-refractivity contribution in [2.24, 2.45) is 0 Å². The van der Waals surface area contributed by atoms with E-state index in [-0.39, 0.29) is 12.3 Å². The van der Waals surface area contributed by atoms with Crippen LogP contribution < -0.4 is 14.4 Å². The molecule has 0 atom stereocenters. The van der Waals surface area contributed by atoms with Crippen LogP contribution in [0, 0.1) is 13.8 Å². The molecule has 0 N–H and O–H groups in total. The van der Waals surface area contributed by atoms with Crippen LogP contribution in [-0.2, 0) is 17.8 Å². The van der Waals surface area contributed by atoms with Gasteiger partial charge in [-0.25, -0.2) is 4.98 Å². The van der Waals surface area contributed by atoms with Gasteiger partial charge in [-0.15, -0.1) is 0 Å². The van der Waals surface area contributed by atoms with Crippen molar-refractivity contribution in [1.29, 1.82) is 0 Å². The summed E-state index contributed by atoms with van der Waals surface area (Å²) in [5, 5.41) is 0.587. The zero-order valence-corrected chi connectivity index (χ0v) is 19.4. The van der Waals surface area contributed by atoms with Crippen LogP contribution in [0.3, 0.4) is 0 Å². The number of methoxy groups -OCH3 is 2. The minimum absolute atomic E-state index is 0.0404. The van der Waals surface area contributed by atoms with Crippen LogP contribution in [0.25, 0.3) is 10.2 Å². The number of hydrogen-bond donors (Lipinski definition) is 0. The number of thiazole rings is 1. The van der Waals surface area contributed by atoms with Gasteiger partial charge in [0, 0.05) is 6.20 Å². The van der Waals surface area contributed by atoms with E-state index in [9.17, 15) is 4.79 Å². The van der Waals surface area contributed by atoms with Crippen LogP contribution in [0.5, 0.6) is 11.5 Å². The van der Waals surface area contributed by atoms with Crippen molar-refractivity contribution in [2.45, 2.75) is 26.8 Å². The third kappa shape index (κ3) is 4.43. The van der Waals surface area contributed by atoms with E-state index in [1.165, 1.54) is 11.3 Å². The van der Waals surface area contributed by atoms with Crippen molar-refractivity contribution in [2.75, 3.05) is 19.1 Å². The van der Waals surface area contributed by atoms with Gasteiger partial charge < -0.3 is 9.47 Å². The number of benzene rings is 2. The third-order valence-corrected chi connectivity index (χ3v) is 6.42. The number of carbonyl (C=O) groups is 1. The Morgan fingerprint density at radius 3 is 2.53 bits per heavy atom. The molecule has 1 amide bonds. The number of pyridine rings is 1. The minimum atomic E-state index is -0.0404. The van der Waals surface area contributed by atoms with Gasteiger partial charge >= 0.3 is 0 Å². The lowest BCUT2D eigenvalue weighted by Crippen LogP contribution is -2.32. The molecule has 0 aliphatic heterocycles. The Kier molecular flexibility index (Phi) is 6.37. The molecule has 6 nitrogen and oxygen atoms in total. The number of rotatable bonds is 7. The smallest absolute Gasteiger partial charge is 0.233 e. The van der Waals surface area contributed by atoms with Crippen molar-refractivity contribution in [3.8, 4) is 11.5 Å². The number of nitrogens with zero attached hydrogens (tertiary/aromatic N) is 3. The van der Waals surface area contributed by atoms with E-state index in [0.29, 0.717) is 28.7 Å². The molecule has 32 heavy (non-hydrogen) atoms. The molecule has 2 heterocycles. The topological polar surface area (TPSA) is 64.6 Å². The fraction of sp³-hybridized carbons (Fsp3) is 0.240. The van der Waals surface area contributed by atoms with Gasteiger partial charge in [0.2, 0.25) is 5.91 Å².